The van der Waals surface area contributed by atoms with E-state index in [0.717, 1.165) is 18.5 Å². The van der Waals surface area contributed by atoms with Crippen molar-refractivity contribution in [1.82, 2.24) is 25.5 Å². The second-order valence-corrected chi connectivity index (χ2v) is 6.88. The van der Waals surface area contributed by atoms with E-state index < -0.39 is 0 Å². The molecule has 0 aliphatic heterocycles. The van der Waals surface area contributed by atoms with E-state index in [4.69, 9.17) is 0 Å². The predicted octanol–water partition coefficient (Wildman–Crippen LogP) is 2.70. The van der Waals surface area contributed by atoms with Crippen LogP contribution in [-0.4, -0.2) is 37.9 Å². The topological polar surface area (TPSA) is 72.7 Å². The molecule has 0 bridgehead atoms. The third-order valence-electron chi connectivity index (χ3n) is 3.36. The molecule has 0 fully saturated rings. The zero-order valence-electron chi connectivity index (χ0n) is 13.8. The highest BCUT2D eigenvalue weighted by Gasteiger charge is 2.13. The van der Waals surface area contributed by atoms with E-state index in [2.05, 4.69) is 34.7 Å². The summed E-state index contributed by atoms with van der Waals surface area (Å²) in [5.41, 5.74) is 0.880. The first-order valence-corrected chi connectivity index (χ1v) is 8.80. The van der Waals surface area contributed by atoms with Crippen LogP contribution in [0.25, 0.3) is 5.69 Å². The molecule has 1 amide bonds. The van der Waals surface area contributed by atoms with Gasteiger partial charge in [0.25, 0.3) is 0 Å². The van der Waals surface area contributed by atoms with Crippen molar-refractivity contribution >= 4 is 17.7 Å². The molecule has 23 heavy (non-hydrogen) atoms. The summed E-state index contributed by atoms with van der Waals surface area (Å²) in [4.78, 5) is 12.0. The third kappa shape index (κ3) is 5.67. The number of amides is 1. The van der Waals surface area contributed by atoms with Crippen LogP contribution in [0.15, 0.2) is 35.5 Å². The maximum absolute atomic E-state index is 12.0. The Morgan fingerprint density at radius 1 is 1.22 bits per heavy atom. The Balaban J connectivity index is 1.85. The fourth-order valence-electron chi connectivity index (χ4n) is 2.10. The number of hydrogen-bond donors (Lipinski definition) is 1. The van der Waals surface area contributed by atoms with Crippen LogP contribution in [0.4, 0.5) is 0 Å². The molecule has 1 heterocycles. The summed E-state index contributed by atoms with van der Waals surface area (Å²) in [7, 11) is 0. The van der Waals surface area contributed by atoms with Crippen LogP contribution in [0.5, 0.6) is 0 Å². The highest BCUT2D eigenvalue weighted by atomic mass is 32.2. The van der Waals surface area contributed by atoms with Crippen LogP contribution in [0.3, 0.4) is 0 Å². The molecule has 0 radical (unpaired) electrons. The average Bonchev–Trinajstić information content (AvgIpc) is 3.00. The standard InChI is InChI=1S/C16H23N5OS/c1-12(2)9-10-13(3)17-15(22)11-23-16-18-19-20-21(16)14-7-5-4-6-8-14/h4-8,12-13H,9-11H2,1-3H3,(H,17,22)/t13-/m0/s1. The van der Waals surface area contributed by atoms with Gasteiger partial charge in [-0.15, -0.1) is 5.10 Å². The highest BCUT2D eigenvalue weighted by Crippen LogP contribution is 2.17. The number of aromatic nitrogens is 4. The van der Waals surface area contributed by atoms with Crippen LogP contribution in [0.2, 0.25) is 0 Å². The molecule has 0 saturated carbocycles. The first-order valence-electron chi connectivity index (χ1n) is 7.82. The Bertz CT molecular complexity index is 614. The summed E-state index contributed by atoms with van der Waals surface area (Å²) in [5.74, 6) is 0.965. The van der Waals surface area contributed by atoms with Crippen molar-refractivity contribution < 1.29 is 4.79 Å². The largest absolute Gasteiger partial charge is 0.353 e. The van der Waals surface area contributed by atoms with E-state index in [1.807, 2.05) is 37.3 Å². The normalized spacial score (nSPS) is 12.3. The Morgan fingerprint density at radius 2 is 1.96 bits per heavy atom. The fourth-order valence-corrected chi connectivity index (χ4v) is 2.80. The van der Waals surface area contributed by atoms with Gasteiger partial charge in [-0.1, -0.05) is 43.8 Å². The quantitative estimate of drug-likeness (QED) is 0.752. The van der Waals surface area contributed by atoms with Gasteiger partial charge in [0.1, 0.15) is 0 Å². The molecule has 1 atom stereocenters. The minimum absolute atomic E-state index is 0.00821. The molecule has 124 valence electrons. The Kier molecular flexibility index (Phi) is 6.58. The molecule has 0 saturated heterocycles. The first kappa shape index (κ1) is 17.5. The van der Waals surface area contributed by atoms with Crippen LogP contribution in [0, 0.1) is 5.92 Å². The van der Waals surface area contributed by atoms with Gasteiger partial charge < -0.3 is 5.32 Å². The van der Waals surface area contributed by atoms with E-state index in [1.54, 1.807) is 4.68 Å². The van der Waals surface area contributed by atoms with Gasteiger partial charge in [0.05, 0.1) is 11.4 Å². The molecule has 2 aromatic rings. The number of nitrogens with zero attached hydrogens (tertiary/aromatic N) is 4. The summed E-state index contributed by atoms with van der Waals surface area (Å²) in [5, 5.41) is 15.3. The average molecular weight is 333 g/mol. The number of thioether (sulfide) groups is 1. The Hall–Kier alpha value is -1.89. The lowest BCUT2D eigenvalue weighted by Gasteiger charge is -2.14. The second kappa shape index (κ2) is 8.67. The number of para-hydroxylation sites is 1. The van der Waals surface area contributed by atoms with Gasteiger partial charge >= 0.3 is 0 Å². The Labute approximate surface area is 141 Å². The lowest BCUT2D eigenvalue weighted by Crippen LogP contribution is -2.34. The van der Waals surface area contributed by atoms with Crippen molar-refractivity contribution in [1.29, 1.82) is 0 Å². The van der Waals surface area contributed by atoms with Crippen LogP contribution in [0.1, 0.15) is 33.6 Å². The van der Waals surface area contributed by atoms with Gasteiger partial charge in [0.15, 0.2) is 0 Å². The fraction of sp³-hybridized carbons (Fsp3) is 0.500. The number of hydrogen-bond acceptors (Lipinski definition) is 5. The van der Waals surface area contributed by atoms with Crippen molar-refractivity contribution in [2.75, 3.05) is 5.75 Å². The van der Waals surface area contributed by atoms with Crippen molar-refractivity contribution in [2.24, 2.45) is 5.92 Å². The zero-order valence-corrected chi connectivity index (χ0v) is 14.6. The summed E-state index contributed by atoms with van der Waals surface area (Å²) in [6, 6.07) is 9.83. The maximum atomic E-state index is 12.0. The molecule has 1 N–H and O–H groups in total. The molecule has 1 aromatic heterocycles. The van der Waals surface area contributed by atoms with Gasteiger partial charge in [-0.3, -0.25) is 4.79 Å². The lowest BCUT2D eigenvalue weighted by molar-refractivity contribution is -0.119. The molecule has 7 heteroatoms. The molecule has 6 nitrogen and oxygen atoms in total. The Morgan fingerprint density at radius 3 is 2.65 bits per heavy atom. The maximum Gasteiger partial charge on any atom is 0.230 e. The number of nitrogens with one attached hydrogen (secondary N) is 1. The summed E-state index contributed by atoms with van der Waals surface area (Å²) in [6.07, 6.45) is 2.11. The van der Waals surface area contributed by atoms with Crippen LogP contribution < -0.4 is 5.32 Å². The van der Waals surface area contributed by atoms with E-state index in [9.17, 15) is 4.79 Å². The minimum Gasteiger partial charge on any atom is -0.353 e. The second-order valence-electron chi connectivity index (χ2n) is 5.94. The van der Waals surface area contributed by atoms with Gasteiger partial charge in [0.2, 0.25) is 11.1 Å². The number of carbonyl (C=O) groups is 1. The van der Waals surface area contributed by atoms with Crippen molar-refractivity contribution in [3.63, 3.8) is 0 Å². The van der Waals surface area contributed by atoms with Crippen LogP contribution in [-0.2, 0) is 4.79 Å². The lowest BCUT2D eigenvalue weighted by atomic mass is 10.0. The highest BCUT2D eigenvalue weighted by molar-refractivity contribution is 7.99. The number of carbonyl (C=O) groups excluding carboxylic acids is 1. The third-order valence-corrected chi connectivity index (χ3v) is 4.28. The smallest absolute Gasteiger partial charge is 0.230 e. The van der Waals surface area contributed by atoms with E-state index in [1.165, 1.54) is 11.8 Å². The van der Waals surface area contributed by atoms with Gasteiger partial charge in [-0.05, 0) is 48.2 Å². The number of tetrazole rings is 1. The van der Waals surface area contributed by atoms with Gasteiger partial charge in [-0.25, -0.2) is 0 Å². The monoisotopic (exact) mass is 333 g/mol. The molecule has 1 aromatic carbocycles. The number of rotatable bonds is 8. The van der Waals surface area contributed by atoms with Crippen molar-refractivity contribution in [3.05, 3.63) is 30.3 Å². The summed E-state index contributed by atoms with van der Waals surface area (Å²) < 4.78 is 1.64. The van der Waals surface area contributed by atoms with Crippen LogP contribution >= 0.6 is 11.8 Å². The molecular formula is C16H23N5OS. The van der Waals surface area contributed by atoms with E-state index in [0.29, 0.717) is 16.8 Å². The van der Waals surface area contributed by atoms with E-state index >= 15 is 0 Å². The molecule has 0 aliphatic carbocycles. The predicted molar refractivity (Wildman–Crippen MR) is 91.6 cm³/mol. The minimum atomic E-state index is 0.00821. The van der Waals surface area contributed by atoms with Crippen molar-refractivity contribution in [3.8, 4) is 5.69 Å². The van der Waals surface area contributed by atoms with Crippen molar-refractivity contribution in [2.45, 2.75) is 44.8 Å². The van der Waals surface area contributed by atoms with Gasteiger partial charge in [0, 0.05) is 6.04 Å². The molecule has 0 spiro atoms. The van der Waals surface area contributed by atoms with E-state index in [-0.39, 0.29) is 11.9 Å². The molecule has 2 rings (SSSR count). The summed E-state index contributed by atoms with van der Waals surface area (Å²) >= 11 is 1.34. The molecule has 0 unspecified atom stereocenters. The SMILES string of the molecule is CC(C)CC[C@H](C)NC(=O)CSc1nnnn1-c1ccccc1. The zero-order chi connectivity index (χ0) is 16.7. The summed E-state index contributed by atoms with van der Waals surface area (Å²) in [6.45, 7) is 6.42. The van der Waals surface area contributed by atoms with Gasteiger partial charge in [-0.2, -0.15) is 4.68 Å². The molecular weight excluding hydrogens is 310 g/mol. The molecule has 0 aliphatic rings. The first-order chi connectivity index (χ1) is 11.1. The number of benzene rings is 1.